The van der Waals surface area contributed by atoms with Crippen molar-refractivity contribution in [1.29, 1.82) is 0 Å². The van der Waals surface area contributed by atoms with Crippen LogP contribution in [0, 0.1) is 0 Å². The number of fused-ring (bicyclic) bond motifs is 1. The summed E-state index contributed by atoms with van der Waals surface area (Å²) in [6.07, 6.45) is 7.80. The lowest BCUT2D eigenvalue weighted by atomic mass is 9.82. The number of hydrogen-bond acceptors (Lipinski definition) is 7. The molecule has 2 N–H and O–H groups in total. The molecule has 2 fully saturated rings. The smallest absolute Gasteiger partial charge is 0.261 e. The number of nitrogens with zero attached hydrogens (tertiary/aromatic N) is 4. The van der Waals surface area contributed by atoms with Gasteiger partial charge in [0.05, 0.1) is 36.3 Å². The van der Waals surface area contributed by atoms with Crippen LogP contribution in [0.4, 0.5) is 5.95 Å². The van der Waals surface area contributed by atoms with Crippen molar-refractivity contribution < 1.29 is 9.84 Å². The minimum absolute atomic E-state index is 0.0522. The van der Waals surface area contributed by atoms with Gasteiger partial charge in [0.15, 0.2) is 0 Å². The average Bonchev–Trinajstić information content (AvgIpc) is 2.77. The van der Waals surface area contributed by atoms with E-state index in [9.17, 15) is 9.90 Å². The highest BCUT2D eigenvalue weighted by atomic mass is 16.5. The fourth-order valence-corrected chi connectivity index (χ4v) is 4.57. The fourth-order valence-electron chi connectivity index (χ4n) is 4.57. The van der Waals surface area contributed by atoms with Crippen LogP contribution >= 0.6 is 0 Å². The fraction of sp³-hybridized carbons (Fsp3) is 0.696. The molecule has 3 heterocycles. The first kappa shape index (κ1) is 22.2. The van der Waals surface area contributed by atoms with E-state index in [4.69, 9.17) is 9.72 Å². The molecule has 1 aliphatic carbocycles. The quantitative estimate of drug-likeness (QED) is 0.728. The molecular weight excluding hydrogens is 394 g/mol. The molecule has 2 aliphatic rings. The number of hydrogen-bond donors (Lipinski definition) is 2. The maximum Gasteiger partial charge on any atom is 0.261 e. The topological polar surface area (TPSA) is 92.5 Å². The van der Waals surface area contributed by atoms with E-state index in [0.717, 1.165) is 56.3 Å². The van der Waals surface area contributed by atoms with Gasteiger partial charge in [-0.05, 0) is 57.6 Å². The molecule has 0 unspecified atom stereocenters. The number of rotatable bonds is 6. The van der Waals surface area contributed by atoms with E-state index in [1.54, 1.807) is 6.20 Å². The molecule has 0 aromatic carbocycles. The average molecular weight is 430 g/mol. The number of nitrogens with one attached hydrogen (secondary N) is 1. The molecule has 4 rings (SSSR count). The Morgan fingerprint density at radius 3 is 2.81 bits per heavy atom. The Hall–Kier alpha value is -2.03. The maximum atomic E-state index is 13.3. The number of aliphatic hydroxyl groups is 1. The molecule has 0 spiro atoms. The zero-order valence-corrected chi connectivity index (χ0v) is 18.9. The second kappa shape index (κ2) is 9.63. The first-order chi connectivity index (χ1) is 15.0. The second-order valence-corrected chi connectivity index (χ2v) is 9.17. The van der Waals surface area contributed by atoms with Gasteiger partial charge in [0, 0.05) is 31.5 Å². The van der Waals surface area contributed by atoms with Crippen LogP contribution < -0.4 is 10.9 Å². The van der Waals surface area contributed by atoms with Gasteiger partial charge in [0.2, 0.25) is 5.95 Å². The normalized spacial score (nSPS) is 26.1. The van der Waals surface area contributed by atoms with Gasteiger partial charge in [-0.25, -0.2) is 9.97 Å². The zero-order chi connectivity index (χ0) is 22.0. The van der Waals surface area contributed by atoms with Crippen molar-refractivity contribution in [3.05, 3.63) is 28.3 Å². The summed E-state index contributed by atoms with van der Waals surface area (Å²) in [7, 11) is 2.08. The molecule has 2 aromatic heterocycles. The Morgan fingerprint density at radius 1 is 1.32 bits per heavy atom. The number of aliphatic hydroxyl groups excluding tert-OH is 1. The van der Waals surface area contributed by atoms with Gasteiger partial charge < -0.3 is 19.7 Å². The van der Waals surface area contributed by atoms with E-state index < -0.39 is 0 Å². The van der Waals surface area contributed by atoms with E-state index in [1.165, 1.54) is 0 Å². The Kier molecular flexibility index (Phi) is 6.89. The first-order valence-electron chi connectivity index (χ1n) is 11.6. The highest BCUT2D eigenvalue weighted by Gasteiger charge is 2.26. The molecule has 1 aliphatic heterocycles. The number of ether oxygens (including phenoxy) is 1. The summed E-state index contributed by atoms with van der Waals surface area (Å²) < 4.78 is 7.48. The SMILES string of the molecule is CC[C@H](C)Nc1ncc2c(=O)n(C[C@@H]3COCCN3C)cc([C@H]3CC[C@H](O)CC3)c2n1. The van der Waals surface area contributed by atoms with Crippen molar-refractivity contribution in [3.63, 3.8) is 0 Å². The molecule has 1 saturated heterocycles. The Labute approximate surface area is 183 Å². The summed E-state index contributed by atoms with van der Waals surface area (Å²) in [5.41, 5.74) is 1.79. The van der Waals surface area contributed by atoms with Crippen molar-refractivity contribution in [3.8, 4) is 0 Å². The van der Waals surface area contributed by atoms with Crippen LogP contribution in [0.15, 0.2) is 17.2 Å². The zero-order valence-electron chi connectivity index (χ0n) is 18.9. The summed E-state index contributed by atoms with van der Waals surface area (Å²) in [6, 6.07) is 0.421. The predicted octanol–water partition coefficient (Wildman–Crippen LogP) is 2.35. The number of pyridine rings is 1. The van der Waals surface area contributed by atoms with Gasteiger partial charge in [-0.2, -0.15) is 0 Å². The molecule has 1 saturated carbocycles. The molecule has 0 amide bonds. The lowest BCUT2D eigenvalue weighted by Crippen LogP contribution is -2.46. The molecule has 31 heavy (non-hydrogen) atoms. The van der Waals surface area contributed by atoms with E-state index >= 15 is 0 Å². The highest BCUT2D eigenvalue weighted by Crippen LogP contribution is 2.35. The van der Waals surface area contributed by atoms with Gasteiger partial charge in [-0.1, -0.05) is 6.92 Å². The largest absolute Gasteiger partial charge is 0.393 e. The number of anilines is 1. The Balaban J connectivity index is 1.75. The summed E-state index contributed by atoms with van der Waals surface area (Å²) in [5, 5.41) is 13.9. The molecular formula is C23H35N5O3. The van der Waals surface area contributed by atoms with Crippen LogP contribution in [0.25, 0.3) is 10.9 Å². The molecule has 8 heteroatoms. The Morgan fingerprint density at radius 2 is 2.10 bits per heavy atom. The summed E-state index contributed by atoms with van der Waals surface area (Å²) >= 11 is 0. The van der Waals surface area contributed by atoms with Crippen molar-refractivity contribution in [2.45, 2.75) is 76.6 Å². The Bertz CT molecular complexity index is 954. The van der Waals surface area contributed by atoms with E-state index in [-0.39, 0.29) is 29.7 Å². The van der Waals surface area contributed by atoms with Crippen LogP contribution in [0.1, 0.15) is 57.4 Å². The van der Waals surface area contributed by atoms with Crippen LogP contribution in [0.5, 0.6) is 0 Å². The maximum absolute atomic E-state index is 13.3. The predicted molar refractivity (Wildman–Crippen MR) is 122 cm³/mol. The summed E-state index contributed by atoms with van der Waals surface area (Å²) in [5.74, 6) is 0.848. The van der Waals surface area contributed by atoms with E-state index in [1.807, 2.05) is 10.8 Å². The third-order valence-electron chi connectivity index (χ3n) is 6.90. The van der Waals surface area contributed by atoms with E-state index in [2.05, 4.69) is 36.1 Å². The standard InChI is InChI=1S/C23H35N5O3/c1-4-15(2)25-23-24-11-19-21(26-23)20(16-5-7-18(29)8-6-16)13-28(22(19)30)12-17-14-31-10-9-27(17)3/h11,13,15-18,29H,4-10,12,14H2,1-3H3,(H,24,25,26)/t15-,16-,17+,18-/m0/s1. The third-order valence-corrected chi connectivity index (χ3v) is 6.90. The minimum Gasteiger partial charge on any atom is -0.393 e. The van der Waals surface area contributed by atoms with Crippen molar-refractivity contribution in [2.75, 3.05) is 32.1 Å². The van der Waals surface area contributed by atoms with Crippen LogP contribution in [0.3, 0.4) is 0 Å². The number of morpholine rings is 1. The molecule has 170 valence electrons. The molecule has 8 nitrogen and oxygen atoms in total. The van der Waals surface area contributed by atoms with Gasteiger partial charge in [0.25, 0.3) is 5.56 Å². The third kappa shape index (κ3) is 4.91. The molecule has 2 atom stereocenters. The lowest BCUT2D eigenvalue weighted by Gasteiger charge is -2.33. The first-order valence-corrected chi connectivity index (χ1v) is 11.6. The second-order valence-electron chi connectivity index (χ2n) is 9.17. The van der Waals surface area contributed by atoms with Crippen molar-refractivity contribution >= 4 is 16.9 Å². The van der Waals surface area contributed by atoms with Gasteiger partial charge in [0.1, 0.15) is 0 Å². The monoisotopic (exact) mass is 429 g/mol. The van der Waals surface area contributed by atoms with Crippen LogP contribution in [-0.4, -0.2) is 69.5 Å². The van der Waals surface area contributed by atoms with Crippen molar-refractivity contribution in [1.82, 2.24) is 19.4 Å². The highest BCUT2D eigenvalue weighted by molar-refractivity contribution is 5.81. The molecule has 0 bridgehead atoms. The molecule has 2 aromatic rings. The van der Waals surface area contributed by atoms with Crippen LogP contribution in [-0.2, 0) is 11.3 Å². The molecule has 0 radical (unpaired) electrons. The van der Waals surface area contributed by atoms with E-state index in [0.29, 0.717) is 24.5 Å². The minimum atomic E-state index is -0.223. The summed E-state index contributed by atoms with van der Waals surface area (Å²) in [4.78, 5) is 24.8. The number of likely N-dealkylation sites (N-methyl/N-ethyl adjacent to an activating group) is 1. The van der Waals surface area contributed by atoms with Gasteiger partial charge >= 0.3 is 0 Å². The summed E-state index contributed by atoms with van der Waals surface area (Å²) in [6.45, 7) is 7.02. The van der Waals surface area contributed by atoms with Crippen molar-refractivity contribution in [2.24, 2.45) is 0 Å². The van der Waals surface area contributed by atoms with Gasteiger partial charge in [-0.3, -0.25) is 9.69 Å². The number of aromatic nitrogens is 3. The van der Waals surface area contributed by atoms with Crippen LogP contribution in [0.2, 0.25) is 0 Å². The van der Waals surface area contributed by atoms with Gasteiger partial charge in [-0.15, -0.1) is 0 Å². The lowest BCUT2D eigenvalue weighted by molar-refractivity contribution is -0.000520.